The van der Waals surface area contributed by atoms with E-state index in [0.717, 1.165) is 25.9 Å². The third-order valence-corrected chi connectivity index (χ3v) is 4.93. The lowest BCUT2D eigenvalue weighted by atomic mass is 9.96. The second-order valence-corrected chi connectivity index (χ2v) is 6.63. The van der Waals surface area contributed by atoms with Crippen molar-refractivity contribution < 1.29 is 14.3 Å². The van der Waals surface area contributed by atoms with Crippen LogP contribution in [0.4, 0.5) is 5.69 Å². The fourth-order valence-corrected chi connectivity index (χ4v) is 3.52. The fourth-order valence-electron chi connectivity index (χ4n) is 3.52. The third kappa shape index (κ3) is 3.53. The molecule has 1 aromatic rings. The van der Waals surface area contributed by atoms with E-state index in [2.05, 4.69) is 11.8 Å². The standard InChI is InChI=1S/C18H25N3O3/c1-2-13-6-5-9-20(10-13)12-17(22)21-11-16(18(19)23)24-15-8-4-3-7-14(15)21/h3-4,7-8,13,16H,2,5-6,9-12H2,1H3,(H2,19,23)/t13-,16-/m0/s1. The van der Waals surface area contributed by atoms with E-state index in [9.17, 15) is 9.59 Å². The minimum atomic E-state index is -0.798. The Kier molecular flexibility index (Phi) is 5.04. The Balaban J connectivity index is 1.74. The van der Waals surface area contributed by atoms with Gasteiger partial charge in [-0.1, -0.05) is 25.5 Å². The molecule has 3 rings (SSSR count). The summed E-state index contributed by atoms with van der Waals surface area (Å²) in [5, 5.41) is 0. The van der Waals surface area contributed by atoms with Crippen LogP contribution in [0.1, 0.15) is 26.2 Å². The number of rotatable bonds is 4. The minimum absolute atomic E-state index is 0.00578. The van der Waals surface area contributed by atoms with Crippen molar-refractivity contribution >= 4 is 17.5 Å². The molecule has 1 aromatic carbocycles. The molecule has 2 atom stereocenters. The molecule has 0 bridgehead atoms. The Hall–Kier alpha value is -2.08. The van der Waals surface area contributed by atoms with Crippen molar-refractivity contribution in [2.75, 3.05) is 31.1 Å². The molecule has 0 radical (unpaired) electrons. The number of primary amides is 1. The van der Waals surface area contributed by atoms with E-state index >= 15 is 0 Å². The number of nitrogens with two attached hydrogens (primary N) is 1. The van der Waals surface area contributed by atoms with Gasteiger partial charge in [-0.05, 0) is 37.4 Å². The summed E-state index contributed by atoms with van der Waals surface area (Å²) in [6, 6.07) is 7.29. The second kappa shape index (κ2) is 7.21. The molecular formula is C18H25N3O3. The number of fused-ring (bicyclic) bond motifs is 1. The monoisotopic (exact) mass is 331 g/mol. The van der Waals surface area contributed by atoms with E-state index < -0.39 is 12.0 Å². The van der Waals surface area contributed by atoms with Crippen LogP contribution in [0.3, 0.4) is 0 Å². The Bertz CT molecular complexity index is 619. The average molecular weight is 331 g/mol. The number of piperidine rings is 1. The Morgan fingerprint density at radius 3 is 2.83 bits per heavy atom. The first kappa shape index (κ1) is 16.8. The number of hydrogen-bond acceptors (Lipinski definition) is 4. The van der Waals surface area contributed by atoms with E-state index in [1.54, 1.807) is 11.0 Å². The zero-order valence-electron chi connectivity index (χ0n) is 14.1. The van der Waals surface area contributed by atoms with E-state index in [1.165, 1.54) is 6.42 Å². The SMILES string of the molecule is CC[C@H]1CCCN(CC(=O)N2C[C@@H](C(N)=O)Oc3ccccc32)C1. The average Bonchev–Trinajstić information content (AvgIpc) is 2.60. The van der Waals surface area contributed by atoms with Gasteiger partial charge in [-0.25, -0.2) is 0 Å². The van der Waals surface area contributed by atoms with Crippen LogP contribution in [-0.4, -0.2) is 49.0 Å². The summed E-state index contributed by atoms with van der Waals surface area (Å²) in [4.78, 5) is 28.3. The third-order valence-electron chi connectivity index (χ3n) is 4.93. The zero-order chi connectivity index (χ0) is 17.1. The Morgan fingerprint density at radius 1 is 1.29 bits per heavy atom. The first-order chi connectivity index (χ1) is 11.6. The topological polar surface area (TPSA) is 75.9 Å². The summed E-state index contributed by atoms with van der Waals surface area (Å²) in [7, 11) is 0. The first-order valence-corrected chi connectivity index (χ1v) is 8.66. The maximum atomic E-state index is 12.9. The first-order valence-electron chi connectivity index (χ1n) is 8.66. The molecular weight excluding hydrogens is 306 g/mol. The lowest BCUT2D eigenvalue weighted by Gasteiger charge is -2.36. The number of benzene rings is 1. The van der Waals surface area contributed by atoms with Crippen LogP contribution in [-0.2, 0) is 9.59 Å². The van der Waals surface area contributed by atoms with Gasteiger partial charge in [0.25, 0.3) is 5.91 Å². The number of ether oxygens (including phenoxy) is 1. The van der Waals surface area contributed by atoms with Crippen molar-refractivity contribution in [1.82, 2.24) is 4.90 Å². The zero-order valence-corrected chi connectivity index (χ0v) is 14.1. The van der Waals surface area contributed by atoms with E-state index in [0.29, 0.717) is 23.9 Å². The van der Waals surface area contributed by atoms with Crippen molar-refractivity contribution in [3.8, 4) is 5.75 Å². The molecule has 2 N–H and O–H groups in total. The molecule has 0 aliphatic carbocycles. The van der Waals surface area contributed by atoms with Crippen molar-refractivity contribution in [2.24, 2.45) is 11.7 Å². The number of hydrogen-bond donors (Lipinski definition) is 1. The van der Waals surface area contributed by atoms with Crippen molar-refractivity contribution in [3.05, 3.63) is 24.3 Å². The maximum Gasteiger partial charge on any atom is 0.260 e. The number of nitrogens with zero attached hydrogens (tertiary/aromatic N) is 2. The van der Waals surface area contributed by atoms with E-state index in [4.69, 9.17) is 10.5 Å². The van der Waals surface area contributed by atoms with Gasteiger partial charge in [0, 0.05) is 6.54 Å². The normalized spacial score (nSPS) is 24.1. The predicted molar refractivity (Wildman–Crippen MR) is 91.9 cm³/mol. The highest BCUT2D eigenvalue weighted by atomic mass is 16.5. The van der Waals surface area contributed by atoms with Gasteiger partial charge in [0.05, 0.1) is 18.8 Å². The highest BCUT2D eigenvalue weighted by Crippen LogP contribution is 2.33. The molecule has 24 heavy (non-hydrogen) atoms. The van der Waals surface area contributed by atoms with Gasteiger partial charge in [0.2, 0.25) is 5.91 Å². The van der Waals surface area contributed by atoms with Crippen LogP contribution in [0.25, 0.3) is 0 Å². The number of amides is 2. The van der Waals surface area contributed by atoms with Crippen molar-refractivity contribution in [2.45, 2.75) is 32.3 Å². The van der Waals surface area contributed by atoms with Crippen LogP contribution in [0.15, 0.2) is 24.3 Å². The summed E-state index contributed by atoms with van der Waals surface area (Å²) in [6.45, 7) is 4.67. The molecule has 0 aromatic heterocycles. The predicted octanol–water partition coefficient (Wildman–Crippen LogP) is 1.39. The number of para-hydroxylation sites is 2. The van der Waals surface area contributed by atoms with Crippen LogP contribution in [0.5, 0.6) is 5.75 Å². The quantitative estimate of drug-likeness (QED) is 0.904. The summed E-state index contributed by atoms with van der Waals surface area (Å²) >= 11 is 0. The van der Waals surface area contributed by atoms with Gasteiger partial charge < -0.3 is 15.4 Å². The minimum Gasteiger partial charge on any atom is -0.477 e. The van der Waals surface area contributed by atoms with Gasteiger partial charge in [-0.15, -0.1) is 0 Å². The molecule has 0 saturated carbocycles. The Labute approximate surface area is 142 Å². The molecule has 130 valence electrons. The summed E-state index contributed by atoms with van der Waals surface area (Å²) in [6.07, 6.45) is 2.73. The number of carbonyl (C=O) groups is 2. The highest BCUT2D eigenvalue weighted by Gasteiger charge is 2.33. The molecule has 0 unspecified atom stereocenters. The van der Waals surface area contributed by atoms with Crippen LogP contribution < -0.4 is 15.4 Å². The fraction of sp³-hybridized carbons (Fsp3) is 0.556. The smallest absolute Gasteiger partial charge is 0.260 e. The molecule has 2 heterocycles. The number of likely N-dealkylation sites (tertiary alicyclic amines) is 1. The molecule has 6 heteroatoms. The van der Waals surface area contributed by atoms with Crippen molar-refractivity contribution in [1.29, 1.82) is 0 Å². The summed E-state index contributed by atoms with van der Waals surface area (Å²) in [5.74, 6) is 0.646. The second-order valence-electron chi connectivity index (χ2n) is 6.63. The Morgan fingerprint density at radius 2 is 2.08 bits per heavy atom. The molecule has 6 nitrogen and oxygen atoms in total. The van der Waals surface area contributed by atoms with E-state index in [1.807, 2.05) is 18.2 Å². The summed E-state index contributed by atoms with van der Waals surface area (Å²) < 4.78 is 5.62. The van der Waals surface area contributed by atoms with E-state index in [-0.39, 0.29) is 12.5 Å². The van der Waals surface area contributed by atoms with Crippen LogP contribution in [0, 0.1) is 5.92 Å². The molecule has 0 spiro atoms. The van der Waals surface area contributed by atoms with Crippen LogP contribution >= 0.6 is 0 Å². The number of carbonyl (C=O) groups excluding carboxylic acids is 2. The van der Waals surface area contributed by atoms with Gasteiger partial charge in [0.1, 0.15) is 5.75 Å². The highest BCUT2D eigenvalue weighted by molar-refractivity contribution is 5.98. The van der Waals surface area contributed by atoms with Gasteiger partial charge >= 0.3 is 0 Å². The molecule has 1 fully saturated rings. The molecule has 2 aliphatic rings. The maximum absolute atomic E-state index is 12.9. The van der Waals surface area contributed by atoms with Crippen molar-refractivity contribution in [3.63, 3.8) is 0 Å². The molecule has 2 amide bonds. The number of anilines is 1. The lowest BCUT2D eigenvalue weighted by Crippen LogP contribution is -2.52. The van der Waals surface area contributed by atoms with Gasteiger partial charge in [-0.3, -0.25) is 14.5 Å². The van der Waals surface area contributed by atoms with Crippen LogP contribution in [0.2, 0.25) is 0 Å². The molecule has 2 aliphatic heterocycles. The summed E-state index contributed by atoms with van der Waals surface area (Å²) in [5.41, 5.74) is 6.11. The largest absolute Gasteiger partial charge is 0.477 e. The van der Waals surface area contributed by atoms with Gasteiger partial charge in [0.15, 0.2) is 6.10 Å². The lowest BCUT2D eigenvalue weighted by molar-refractivity contribution is -0.125. The molecule has 1 saturated heterocycles. The van der Waals surface area contributed by atoms with Gasteiger partial charge in [-0.2, -0.15) is 0 Å².